The van der Waals surface area contributed by atoms with E-state index in [9.17, 15) is 9.18 Å². The molecule has 8 nitrogen and oxygen atoms in total. The van der Waals surface area contributed by atoms with Crippen LogP contribution < -0.4 is 4.74 Å². The van der Waals surface area contributed by atoms with Crippen molar-refractivity contribution >= 4 is 5.97 Å². The number of esters is 1. The topological polar surface area (TPSA) is 88.4 Å². The molecule has 0 fully saturated rings. The molecule has 0 bridgehead atoms. The van der Waals surface area contributed by atoms with Gasteiger partial charge in [-0.3, -0.25) is 4.79 Å². The van der Waals surface area contributed by atoms with Crippen molar-refractivity contribution < 1.29 is 23.4 Å². The van der Waals surface area contributed by atoms with Gasteiger partial charge in [0.05, 0.1) is 6.61 Å². The van der Waals surface area contributed by atoms with Crippen molar-refractivity contribution in [2.24, 2.45) is 0 Å². The first-order valence-electron chi connectivity index (χ1n) is 8.20. The third-order valence-corrected chi connectivity index (χ3v) is 3.97. The molecule has 27 heavy (non-hydrogen) atoms. The minimum atomic E-state index is -0.611. The van der Waals surface area contributed by atoms with Crippen LogP contribution in [-0.2, 0) is 34.0 Å². The first kappa shape index (κ1) is 17.1. The number of carbonyl (C=O) groups excluding carboxylic acids is 1. The highest BCUT2D eigenvalue weighted by molar-refractivity contribution is 5.69. The molecule has 1 aromatic heterocycles. The Morgan fingerprint density at radius 1 is 1.30 bits per heavy atom. The number of carbonyl (C=O) groups is 1. The fraction of sp³-hybridized carbons (Fsp3) is 0.222. The van der Waals surface area contributed by atoms with Crippen molar-refractivity contribution in [3.8, 4) is 5.75 Å². The van der Waals surface area contributed by atoms with E-state index < -0.39 is 18.1 Å². The van der Waals surface area contributed by atoms with Gasteiger partial charge in [0.15, 0.2) is 0 Å². The van der Waals surface area contributed by atoms with Gasteiger partial charge in [0.2, 0.25) is 6.29 Å². The fourth-order valence-corrected chi connectivity index (χ4v) is 2.75. The monoisotopic (exact) mass is 370 g/mol. The molecule has 1 aliphatic rings. The summed E-state index contributed by atoms with van der Waals surface area (Å²) in [6.07, 6.45) is 0.691. The van der Waals surface area contributed by atoms with Crippen molar-refractivity contribution in [2.75, 3.05) is 0 Å². The van der Waals surface area contributed by atoms with E-state index in [1.165, 1.54) is 23.1 Å². The average molecular weight is 370 g/mol. The van der Waals surface area contributed by atoms with E-state index in [-0.39, 0.29) is 19.8 Å². The lowest BCUT2D eigenvalue weighted by molar-refractivity contribution is -0.146. The largest absolute Gasteiger partial charge is 0.460 e. The van der Waals surface area contributed by atoms with Gasteiger partial charge in [-0.05, 0) is 22.6 Å². The van der Waals surface area contributed by atoms with Gasteiger partial charge < -0.3 is 14.2 Å². The number of rotatable bonds is 5. The Kier molecular flexibility index (Phi) is 4.75. The smallest absolute Gasteiger partial charge is 0.328 e. The normalized spacial score (nSPS) is 15.7. The molecule has 9 heteroatoms. The van der Waals surface area contributed by atoms with E-state index in [4.69, 9.17) is 14.2 Å². The van der Waals surface area contributed by atoms with Gasteiger partial charge >= 0.3 is 5.97 Å². The van der Waals surface area contributed by atoms with Gasteiger partial charge in [-0.25, -0.2) is 9.07 Å². The van der Waals surface area contributed by atoms with Gasteiger partial charge in [-0.15, -0.1) is 5.10 Å². The Labute approximate surface area is 153 Å². The summed E-state index contributed by atoms with van der Waals surface area (Å²) in [5.74, 6) is -0.538. The Bertz CT molecular complexity index is 934. The third-order valence-electron chi connectivity index (χ3n) is 3.97. The van der Waals surface area contributed by atoms with Gasteiger partial charge in [0.1, 0.15) is 31.0 Å². The Morgan fingerprint density at radius 3 is 2.93 bits per heavy atom. The summed E-state index contributed by atoms with van der Waals surface area (Å²) < 4.78 is 32.0. The van der Waals surface area contributed by atoms with Gasteiger partial charge in [0.25, 0.3) is 0 Å². The van der Waals surface area contributed by atoms with Crippen molar-refractivity contribution in [2.45, 2.75) is 26.0 Å². The lowest BCUT2D eigenvalue weighted by Crippen LogP contribution is -2.20. The zero-order valence-electron chi connectivity index (χ0n) is 14.1. The quantitative estimate of drug-likeness (QED) is 0.636. The van der Waals surface area contributed by atoms with Crippen LogP contribution in [0, 0.1) is 5.82 Å². The minimum absolute atomic E-state index is 0.136. The van der Waals surface area contributed by atoms with E-state index in [1.54, 1.807) is 0 Å². The number of fused-ring (bicyclic) bond motifs is 1. The molecule has 4 rings (SSSR count). The van der Waals surface area contributed by atoms with Crippen molar-refractivity contribution in [1.82, 2.24) is 20.2 Å². The van der Waals surface area contributed by atoms with Crippen LogP contribution in [0.25, 0.3) is 0 Å². The minimum Gasteiger partial charge on any atom is -0.460 e. The third kappa shape index (κ3) is 3.93. The second-order valence-electron chi connectivity index (χ2n) is 5.89. The molecule has 0 saturated heterocycles. The lowest BCUT2D eigenvalue weighted by Gasteiger charge is -2.28. The lowest BCUT2D eigenvalue weighted by atomic mass is 10.1. The van der Waals surface area contributed by atoms with Crippen LogP contribution in [0.3, 0.4) is 0 Å². The van der Waals surface area contributed by atoms with Crippen LogP contribution in [-0.4, -0.2) is 26.2 Å². The first-order valence-corrected chi connectivity index (χ1v) is 8.20. The van der Waals surface area contributed by atoms with Crippen molar-refractivity contribution in [1.29, 1.82) is 0 Å². The summed E-state index contributed by atoms with van der Waals surface area (Å²) >= 11 is 0. The molecule has 3 aromatic rings. The molecular weight excluding hydrogens is 355 g/mol. The van der Waals surface area contributed by atoms with E-state index >= 15 is 0 Å². The molecule has 0 unspecified atom stereocenters. The number of ether oxygens (including phenoxy) is 3. The maximum atomic E-state index is 13.9. The summed E-state index contributed by atoms with van der Waals surface area (Å²) in [4.78, 5) is 11.9. The second kappa shape index (κ2) is 7.50. The highest BCUT2D eigenvalue weighted by Crippen LogP contribution is 2.36. The number of hydrogen-bond acceptors (Lipinski definition) is 7. The number of tetrazole rings is 1. The standard InChI is InChI=1S/C18H15FN4O4/c19-15-6-13(9-25-16(24)8-23-11-20-21-22-23)17-14(7-15)10-26-18(27-17)12-4-2-1-3-5-12/h1-7,11,18H,8-10H2/t18-/m1/s1. The molecule has 0 aliphatic carbocycles. The summed E-state index contributed by atoms with van der Waals surface area (Å²) in [5.41, 5.74) is 1.84. The van der Waals surface area contributed by atoms with Crippen LogP contribution in [0.1, 0.15) is 23.0 Å². The van der Waals surface area contributed by atoms with Gasteiger partial charge in [-0.2, -0.15) is 0 Å². The van der Waals surface area contributed by atoms with E-state index in [0.29, 0.717) is 16.9 Å². The molecule has 1 atom stereocenters. The van der Waals surface area contributed by atoms with E-state index in [1.807, 2.05) is 30.3 Å². The maximum absolute atomic E-state index is 13.9. The summed E-state index contributed by atoms with van der Waals surface area (Å²) in [6, 6.07) is 12.1. The number of nitrogens with zero attached hydrogens (tertiary/aromatic N) is 4. The Balaban J connectivity index is 1.50. The highest BCUT2D eigenvalue weighted by atomic mass is 19.1. The van der Waals surface area contributed by atoms with Crippen LogP contribution in [0.15, 0.2) is 48.8 Å². The molecule has 1 aliphatic heterocycles. The maximum Gasteiger partial charge on any atom is 0.328 e. The van der Waals surface area contributed by atoms with Crippen LogP contribution >= 0.6 is 0 Å². The fourth-order valence-electron chi connectivity index (χ4n) is 2.75. The van der Waals surface area contributed by atoms with E-state index in [2.05, 4.69) is 15.5 Å². The Morgan fingerprint density at radius 2 is 2.15 bits per heavy atom. The van der Waals surface area contributed by atoms with Gasteiger partial charge in [-0.1, -0.05) is 30.3 Å². The molecule has 0 radical (unpaired) electrons. The average Bonchev–Trinajstić information content (AvgIpc) is 3.19. The van der Waals surface area contributed by atoms with Crippen LogP contribution in [0.4, 0.5) is 4.39 Å². The second-order valence-corrected chi connectivity index (χ2v) is 5.89. The summed E-state index contributed by atoms with van der Waals surface area (Å²) in [7, 11) is 0. The highest BCUT2D eigenvalue weighted by Gasteiger charge is 2.25. The van der Waals surface area contributed by atoms with Crippen LogP contribution in [0.2, 0.25) is 0 Å². The predicted octanol–water partition coefficient (Wildman–Crippen LogP) is 2.16. The number of benzene rings is 2. The van der Waals surface area contributed by atoms with Crippen LogP contribution in [0.5, 0.6) is 5.75 Å². The molecule has 0 saturated carbocycles. The van der Waals surface area contributed by atoms with Gasteiger partial charge in [0, 0.05) is 16.7 Å². The number of aromatic nitrogens is 4. The molecule has 0 amide bonds. The molecular formula is C18H15FN4O4. The zero-order chi connectivity index (χ0) is 18.6. The summed E-state index contributed by atoms with van der Waals surface area (Å²) in [6.45, 7) is -0.0814. The van der Waals surface area contributed by atoms with Crippen molar-refractivity contribution in [3.63, 3.8) is 0 Å². The molecule has 0 N–H and O–H groups in total. The number of hydrogen-bond donors (Lipinski definition) is 0. The summed E-state index contributed by atoms with van der Waals surface area (Å²) in [5, 5.41) is 10.5. The molecule has 0 spiro atoms. The first-order chi connectivity index (χ1) is 13.2. The molecule has 2 heterocycles. The Hall–Kier alpha value is -3.33. The number of halogens is 1. The molecule has 2 aromatic carbocycles. The predicted molar refractivity (Wildman–Crippen MR) is 88.6 cm³/mol. The van der Waals surface area contributed by atoms with E-state index in [0.717, 1.165) is 5.56 Å². The SMILES string of the molecule is O=C(Cn1cnnn1)OCc1cc(F)cc2c1O[C@H](c1ccccc1)OC2. The van der Waals surface area contributed by atoms with Crippen molar-refractivity contribution in [3.05, 3.63) is 71.3 Å². The molecule has 138 valence electrons. The zero-order valence-corrected chi connectivity index (χ0v) is 14.1.